The van der Waals surface area contributed by atoms with Crippen LogP contribution in [0.2, 0.25) is 0 Å². The number of anilines is 1. The highest BCUT2D eigenvalue weighted by Crippen LogP contribution is 2.13. The third kappa shape index (κ3) is 5.06. The Bertz CT molecular complexity index is 879. The molecule has 3 N–H and O–H groups in total. The second-order valence-electron chi connectivity index (χ2n) is 5.15. The van der Waals surface area contributed by atoms with Crippen LogP contribution < -0.4 is 10.5 Å². The summed E-state index contributed by atoms with van der Waals surface area (Å²) in [7, 11) is -3.81. The lowest BCUT2D eigenvalue weighted by Crippen LogP contribution is -2.30. The molecule has 0 aliphatic rings. The van der Waals surface area contributed by atoms with Crippen molar-refractivity contribution in [3.8, 4) is 0 Å². The van der Waals surface area contributed by atoms with Crippen LogP contribution in [0.3, 0.4) is 0 Å². The number of benzene rings is 1. The summed E-state index contributed by atoms with van der Waals surface area (Å²) >= 11 is 0. The summed E-state index contributed by atoms with van der Waals surface area (Å²) in [5.74, 6) is -1.36. The lowest BCUT2D eigenvalue weighted by atomic mass is 10.3. The van der Waals surface area contributed by atoms with Crippen molar-refractivity contribution < 1.29 is 22.7 Å². The van der Waals surface area contributed by atoms with E-state index in [1.807, 2.05) is 0 Å². The van der Waals surface area contributed by atoms with Crippen LogP contribution in [0.25, 0.3) is 0 Å². The molecule has 1 aromatic carbocycles. The molecular formula is C15H16N4O5S. The molecule has 0 aliphatic carbocycles. The molecule has 0 fully saturated rings. The van der Waals surface area contributed by atoms with Gasteiger partial charge >= 0.3 is 5.97 Å². The third-order valence-corrected chi connectivity index (χ3v) is 4.02. The van der Waals surface area contributed by atoms with Crippen molar-refractivity contribution in [2.24, 2.45) is 5.14 Å². The average molecular weight is 364 g/mol. The van der Waals surface area contributed by atoms with E-state index in [4.69, 9.17) is 9.88 Å². The number of primary sulfonamides is 1. The zero-order chi connectivity index (χ0) is 18.6. The zero-order valence-electron chi connectivity index (χ0n) is 13.5. The Kier molecular flexibility index (Phi) is 5.45. The van der Waals surface area contributed by atoms with Gasteiger partial charge in [0.2, 0.25) is 10.0 Å². The van der Waals surface area contributed by atoms with E-state index in [0.717, 1.165) is 0 Å². The molecule has 0 radical (unpaired) electrons. The highest BCUT2D eigenvalue weighted by atomic mass is 32.2. The fourth-order valence-electron chi connectivity index (χ4n) is 1.74. The van der Waals surface area contributed by atoms with Crippen molar-refractivity contribution in [1.82, 2.24) is 9.97 Å². The molecule has 2 rings (SSSR count). The van der Waals surface area contributed by atoms with E-state index in [1.54, 1.807) is 6.92 Å². The van der Waals surface area contributed by atoms with Gasteiger partial charge < -0.3 is 10.1 Å². The Hall–Kier alpha value is -2.85. The Morgan fingerprint density at radius 1 is 1.16 bits per heavy atom. The second kappa shape index (κ2) is 7.36. The molecule has 25 heavy (non-hydrogen) atoms. The molecule has 1 aromatic heterocycles. The number of aryl methyl sites for hydroxylation is 1. The number of nitrogens with one attached hydrogen (secondary N) is 1. The maximum Gasteiger partial charge on any atom is 0.359 e. The number of amides is 1. The number of carbonyl (C=O) groups excluding carboxylic acids is 2. The molecule has 1 amide bonds. The van der Waals surface area contributed by atoms with E-state index >= 15 is 0 Å². The predicted molar refractivity (Wildman–Crippen MR) is 88.1 cm³/mol. The van der Waals surface area contributed by atoms with E-state index < -0.39 is 28.0 Å². The van der Waals surface area contributed by atoms with Gasteiger partial charge in [-0.15, -0.1) is 0 Å². The number of carbonyl (C=O) groups is 2. The van der Waals surface area contributed by atoms with Crippen LogP contribution in [0.5, 0.6) is 0 Å². The summed E-state index contributed by atoms with van der Waals surface area (Å²) in [6, 6.07) is 5.25. The Morgan fingerprint density at radius 3 is 2.32 bits per heavy atom. The van der Waals surface area contributed by atoms with Gasteiger partial charge in [0, 0.05) is 11.9 Å². The van der Waals surface area contributed by atoms with Gasteiger partial charge in [0.05, 0.1) is 16.8 Å². The van der Waals surface area contributed by atoms with Crippen LogP contribution in [0, 0.1) is 6.92 Å². The van der Waals surface area contributed by atoms with Crippen molar-refractivity contribution in [2.75, 3.05) is 5.32 Å². The normalized spacial score (nSPS) is 12.3. The van der Waals surface area contributed by atoms with Crippen molar-refractivity contribution in [2.45, 2.75) is 24.8 Å². The highest BCUT2D eigenvalue weighted by Gasteiger charge is 2.20. The molecule has 132 valence electrons. The molecule has 0 bridgehead atoms. The van der Waals surface area contributed by atoms with Crippen LogP contribution >= 0.6 is 0 Å². The highest BCUT2D eigenvalue weighted by molar-refractivity contribution is 7.89. The standard InChI is InChI=1S/C15H16N4O5S/c1-9-7-18-13(8-17-9)15(21)24-10(2)14(20)19-11-3-5-12(6-4-11)25(16,22)23/h3-8,10H,1-2H3,(H,19,20)(H2,16,22,23). The van der Waals surface area contributed by atoms with Gasteiger partial charge in [-0.25, -0.2) is 23.3 Å². The molecule has 0 spiro atoms. The molecule has 1 heterocycles. The topological polar surface area (TPSA) is 141 Å². The first-order valence-electron chi connectivity index (χ1n) is 7.10. The fourth-order valence-corrected chi connectivity index (χ4v) is 2.26. The summed E-state index contributed by atoms with van der Waals surface area (Å²) in [5, 5.41) is 7.49. The quantitative estimate of drug-likeness (QED) is 0.741. The second-order valence-corrected chi connectivity index (χ2v) is 6.71. The van der Waals surface area contributed by atoms with Gasteiger partial charge in [0.1, 0.15) is 0 Å². The summed E-state index contributed by atoms with van der Waals surface area (Å²) < 4.78 is 27.4. The number of rotatable bonds is 5. The molecule has 0 saturated heterocycles. The lowest BCUT2D eigenvalue weighted by Gasteiger charge is -2.13. The minimum absolute atomic E-state index is 0.0113. The molecular weight excluding hydrogens is 348 g/mol. The first-order chi connectivity index (χ1) is 11.7. The molecule has 10 heteroatoms. The number of ether oxygens (including phenoxy) is 1. The van der Waals surface area contributed by atoms with Gasteiger partial charge in [-0.1, -0.05) is 0 Å². The smallest absolute Gasteiger partial charge is 0.359 e. The summed E-state index contributed by atoms with van der Waals surface area (Å²) in [4.78, 5) is 31.7. The summed E-state index contributed by atoms with van der Waals surface area (Å²) in [5.41, 5.74) is 0.962. The number of nitrogens with two attached hydrogens (primary N) is 1. The van der Waals surface area contributed by atoms with Crippen molar-refractivity contribution in [3.05, 3.63) is 48.0 Å². The first kappa shape index (κ1) is 18.5. The minimum Gasteiger partial charge on any atom is -0.448 e. The molecule has 0 saturated carbocycles. The maximum atomic E-state index is 12.0. The van der Waals surface area contributed by atoms with E-state index in [2.05, 4.69) is 15.3 Å². The summed E-state index contributed by atoms with van der Waals surface area (Å²) in [6.45, 7) is 3.12. The van der Waals surface area contributed by atoms with Gasteiger partial charge in [-0.3, -0.25) is 9.78 Å². The maximum absolute atomic E-state index is 12.0. The van der Waals surface area contributed by atoms with Crippen LogP contribution in [0.1, 0.15) is 23.1 Å². The number of nitrogens with zero attached hydrogens (tertiary/aromatic N) is 2. The minimum atomic E-state index is -3.81. The SMILES string of the molecule is Cc1cnc(C(=O)OC(C)C(=O)Nc2ccc(S(N)(=O)=O)cc2)cn1. The van der Waals surface area contributed by atoms with Crippen LogP contribution in [0.15, 0.2) is 41.6 Å². The van der Waals surface area contributed by atoms with E-state index in [0.29, 0.717) is 11.4 Å². The van der Waals surface area contributed by atoms with Crippen LogP contribution in [-0.4, -0.2) is 36.4 Å². The first-order valence-corrected chi connectivity index (χ1v) is 8.65. The van der Waals surface area contributed by atoms with Crippen molar-refractivity contribution >= 4 is 27.6 Å². The number of aromatic nitrogens is 2. The third-order valence-electron chi connectivity index (χ3n) is 3.09. The van der Waals surface area contributed by atoms with Gasteiger partial charge in [0.15, 0.2) is 11.8 Å². The molecule has 9 nitrogen and oxygen atoms in total. The monoisotopic (exact) mass is 364 g/mol. The average Bonchev–Trinajstić information content (AvgIpc) is 2.55. The number of hydrogen-bond acceptors (Lipinski definition) is 7. The van der Waals surface area contributed by atoms with Gasteiger partial charge in [-0.2, -0.15) is 0 Å². The lowest BCUT2D eigenvalue weighted by molar-refractivity contribution is -0.123. The Morgan fingerprint density at radius 2 is 1.80 bits per heavy atom. The predicted octanol–water partition coefficient (Wildman–Crippen LogP) is 0.616. The number of sulfonamides is 1. The van der Waals surface area contributed by atoms with E-state index in [1.165, 1.54) is 43.6 Å². The zero-order valence-corrected chi connectivity index (χ0v) is 14.3. The number of esters is 1. The van der Waals surface area contributed by atoms with Crippen molar-refractivity contribution in [1.29, 1.82) is 0 Å². The largest absolute Gasteiger partial charge is 0.448 e. The summed E-state index contributed by atoms with van der Waals surface area (Å²) in [6.07, 6.45) is 1.58. The van der Waals surface area contributed by atoms with Crippen LogP contribution in [-0.2, 0) is 19.6 Å². The van der Waals surface area contributed by atoms with Gasteiger partial charge in [0.25, 0.3) is 5.91 Å². The molecule has 0 aliphatic heterocycles. The molecule has 1 atom stereocenters. The van der Waals surface area contributed by atoms with Gasteiger partial charge in [-0.05, 0) is 38.1 Å². The Balaban J connectivity index is 1.98. The van der Waals surface area contributed by atoms with E-state index in [-0.39, 0.29) is 10.6 Å². The molecule has 1 unspecified atom stereocenters. The molecule has 2 aromatic rings. The van der Waals surface area contributed by atoms with Crippen molar-refractivity contribution in [3.63, 3.8) is 0 Å². The fraction of sp³-hybridized carbons (Fsp3) is 0.200. The van der Waals surface area contributed by atoms with Crippen LogP contribution in [0.4, 0.5) is 5.69 Å². The number of hydrogen-bond donors (Lipinski definition) is 2. The Labute approximate surface area is 144 Å². The van der Waals surface area contributed by atoms with E-state index in [9.17, 15) is 18.0 Å².